The zero-order valence-corrected chi connectivity index (χ0v) is 12.4. The first-order valence-corrected chi connectivity index (χ1v) is 6.69. The Morgan fingerprint density at radius 3 is 3.04 bits per heavy atom. The molecule has 0 amide bonds. The predicted octanol–water partition coefficient (Wildman–Crippen LogP) is 3.59. The van der Waals surface area contributed by atoms with Crippen molar-refractivity contribution in [2.75, 3.05) is 20.4 Å². The van der Waals surface area contributed by atoms with Gasteiger partial charge < -0.3 is 14.7 Å². The molecule has 0 spiro atoms. The number of benzene rings is 2. The Balaban J connectivity index is 2.73. The number of hydrogen-bond donors (Lipinski definition) is 1. The van der Waals surface area contributed by atoms with E-state index >= 15 is 0 Å². The Bertz CT molecular complexity index is 1610. The van der Waals surface area contributed by atoms with Gasteiger partial charge in [0.15, 0.2) is 0 Å². The van der Waals surface area contributed by atoms with Crippen molar-refractivity contribution in [2.24, 2.45) is 0 Å². The van der Waals surface area contributed by atoms with Crippen molar-refractivity contribution in [1.29, 1.82) is 0 Å². The second-order valence-corrected chi connectivity index (χ2v) is 4.60. The van der Waals surface area contributed by atoms with Crippen LogP contribution in [0.2, 0.25) is 0 Å². The van der Waals surface area contributed by atoms with Gasteiger partial charge in [0, 0.05) is 28.5 Å². The molecule has 0 aliphatic carbocycles. The Kier molecular flexibility index (Phi) is 1.57. The van der Waals surface area contributed by atoms with Crippen LogP contribution in [0.3, 0.4) is 0 Å². The normalized spacial score (nSPS) is 29.3. The quantitative estimate of drug-likeness (QED) is 0.888. The van der Waals surface area contributed by atoms with E-state index in [-0.39, 0.29) is 0 Å². The van der Waals surface area contributed by atoms with Crippen molar-refractivity contribution in [3.8, 4) is 5.75 Å². The molecule has 130 valence electrons. The number of carbonyl (C=O) groups is 1. The van der Waals surface area contributed by atoms with E-state index in [9.17, 15) is 9.90 Å². The number of nitrogens with zero attached hydrogens (tertiary/aromatic N) is 1. The number of hydrogen-bond acceptors (Lipinski definition) is 3. The van der Waals surface area contributed by atoms with Gasteiger partial charge in [0.25, 0.3) is 0 Å². The van der Waals surface area contributed by atoms with Gasteiger partial charge in [0.1, 0.15) is 12.4 Å². The number of aliphatic carboxylic acids is 1. The van der Waals surface area contributed by atoms with Crippen LogP contribution in [0.5, 0.6) is 5.75 Å². The third-order valence-electron chi connectivity index (χ3n) is 2.99. The van der Waals surface area contributed by atoms with Crippen molar-refractivity contribution in [3.05, 3.63) is 70.6 Å². The van der Waals surface area contributed by atoms with Crippen molar-refractivity contribution < 1.29 is 42.1 Å². The van der Waals surface area contributed by atoms with E-state index in [0.29, 0.717) is 0 Å². The molecule has 1 N–H and O–H groups in total. The van der Waals surface area contributed by atoms with Crippen molar-refractivity contribution in [1.82, 2.24) is 4.90 Å². The van der Waals surface area contributed by atoms with Gasteiger partial charge in [-0.2, -0.15) is 0 Å². The summed E-state index contributed by atoms with van der Waals surface area (Å²) in [5, 5.41) is 9.52. The lowest BCUT2D eigenvalue weighted by Gasteiger charge is -2.13. The Morgan fingerprint density at radius 2 is 2.24 bits per heavy atom. The van der Waals surface area contributed by atoms with Gasteiger partial charge in [-0.15, -0.1) is 0 Å². The number of rotatable bonds is 5. The lowest BCUT2D eigenvalue weighted by molar-refractivity contribution is -0.136. The van der Waals surface area contributed by atoms with E-state index < -0.39 is 133 Å². The fraction of sp³-hybridized carbons (Fsp3) is 0.286. The van der Waals surface area contributed by atoms with Crippen LogP contribution in [-0.4, -0.2) is 36.4 Å². The fourth-order valence-electron chi connectivity index (χ4n) is 2.05. The summed E-state index contributed by atoms with van der Waals surface area (Å²) in [6, 6.07) is -9.13. The minimum Gasteiger partial charge on any atom is -0.488 e. The highest BCUT2D eigenvalue weighted by molar-refractivity contribution is 5.85. The average molecular weight is 358 g/mol. The van der Waals surface area contributed by atoms with Gasteiger partial charge in [-0.3, -0.25) is 4.79 Å². The number of carboxylic acids is 1. The molecule has 4 nitrogen and oxygen atoms in total. The van der Waals surface area contributed by atoms with E-state index in [0.717, 1.165) is 0 Å². The first-order valence-electron chi connectivity index (χ1n) is 16.7. The minimum atomic E-state index is -4.16. The van der Waals surface area contributed by atoms with Gasteiger partial charge in [-0.05, 0) is 54.7 Å². The SMILES string of the molecule is [2H]/C(=C1\c2c([2H])c([2H])c([2H])c([2H])c2COc2c([2H])c([2H])c(C([2H])([2H])C(=O)O)c([2H])c21)C([2H])([2H])C([2H])([2H])N(C([2H])([2H])[2H])C([2H])([2H])[2H]. The Hall–Kier alpha value is -2.59. The predicted molar refractivity (Wildman–Crippen MR) is 98.8 cm³/mol. The maximum Gasteiger partial charge on any atom is 0.307 e. The third-order valence-corrected chi connectivity index (χ3v) is 2.99. The highest BCUT2D eigenvalue weighted by Crippen LogP contribution is 2.37. The van der Waals surface area contributed by atoms with E-state index in [2.05, 4.69) is 0 Å². The zero-order chi connectivity index (χ0) is 35.2. The molecule has 0 aromatic heterocycles. The maximum atomic E-state index is 11.8. The third kappa shape index (κ3) is 4.09. The number of ether oxygens (including phenoxy) is 1. The average Bonchev–Trinajstić information content (AvgIpc) is 3.04. The molecule has 0 radical (unpaired) electrons. The van der Waals surface area contributed by atoms with Crippen LogP contribution in [0.25, 0.3) is 5.57 Å². The van der Waals surface area contributed by atoms with Gasteiger partial charge >= 0.3 is 5.97 Å². The molecule has 1 heterocycles. The summed E-state index contributed by atoms with van der Waals surface area (Å²) in [7, 11) is 0. The molecular formula is C21H23NO3. The molecule has 4 heteroatoms. The molecule has 0 unspecified atom stereocenters. The molecule has 3 rings (SSSR count). The summed E-state index contributed by atoms with van der Waals surface area (Å²) in [4.78, 5) is 11.0. The lowest BCUT2D eigenvalue weighted by atomic mass is 9.92. The van der Waals surface area contributed by atoms with Crippen LogP contribution in [0.15, 0.2) is 48.3 Å². The molecule has 0 saturated carbocycles. The lowest BCUT2D eigenvalue weighted by Crippen LogP contribution is -2.12. The standard InChI is InChI=1S/C21H23NO3/c1-22(2)11-5-8-18-17-7-4-3-6-16(17)14-25-20-10-9-15(12-19(18)20)13-21(23)24/h3-4,6-10,12H,5,11,13-14H2,1-2H3,(H,23,24)/b18-8-/i1D3,2D3,3D,4D,5D2,6D,7D,8D,9D,10D,11D2,12D,13D2. The van der Waals surface area contributed by atoms with Gasteiger partial charge in [0.2, 0.25) is 0 Å². The largest absolute Gasteiger partial charge is 0.488 e. The summed E-state index contributed by atoms with van der Waals surface area (Å²) in [6.45, 7) is -12.8. The van der Waals surface area contributed by atoms with E-state index in [1.165, 1.54) is 0 Å². The molecular weight excluding hydrogens is 314 g/mol. The first kappa shape index (κ1) is 5.21. The molecule has 0 atom stereocenters. The highest BCUT2D eigenvalue weighted by Gasteiger charge is 2.19. The fourth-order valence-corrected chi connectivity index (χ4v) is 2.05. The van der Waals surface area contributed by atoms with Crippen LogP contribution in [0.4, 0.5) is 0 Å². The first-order chi connectivity index (χ1) is 20.1. The summed E-state index contributed by atoms with van der Waals surface area (Å²) in [5.41, 5.74) is -4.95. The second-order valence-electron chi connectivity index (χ2n) is 4.60. The van der Waals surface area contributed by atoms with Crippen LogP contribution < -0.4 is 4.74 Å². The van der Waals surface area contributed by atoms with E-state index in [1.54, 1.807) is 0 Å². The van der Waals surface area contributed by atoms with Gasteiger partial charge in [-0.25, -0.2) is 0 Å². The molecule has 2 aromatic rings. The summed E-state index contributed by atoms with van der Waals surface area (Å²) >= 11 is 0. The van der Waals surface area contributed by atoms with Gasteiger partial charge in [-0.1, -0.05) is 36.3 Å². The topological polar surface area (TPSA) is 49.8 Å². The number of carboxylic acid groups (broad SMARTS) is 1. The van der Waals surface area contributed by atoms with Gasteiger partial charge in [0.05, 0.1) is 17.3 Å². The molecule has 25 heavy (non-hydrogen) atoms. The van der Waals surface area contributed by atoms with E-state index in [1.807, 2.05) is 0 Å². The van der Waals surface area contributed by atoms with Crippen LogP contribution >= 0.6 is 0 Å². The maximum absolute atomic E-state index is 11.8. The smallest absolute Gasteiger partial charge is 0.307 e. The molecule has 1 aliphatic heterocycles. The minimum absolute atomic E-state index is 0.551. The van der Waals surface area contributed by atoms with Crippen molar-refractivity contribution >= 4 is 11.5 Å². The molecule has 1 aliphatic rings. The zero-order valence-electron chi connectivity index (χ0n) is 32.4. The van der Waals surface area contributed by atoms with Crippen LogP contribution in [0, 0.1) is 0 Å². The second kappa shape index (κ2) is 7.53. The van der Waals surface area contributed by atoms with Crippen LogP contribution in [-0.2, 0) is 17.8 Å². The molecule has 0 fully saturated rings. The number of fused-ring (bicyclic) bond motifs is 2. The molecule has 0 bridgehead atoms. The van der Waals surface area contributed by atoms with Crippen molar-refractivity contribution in [2.45, 2.75) is 19.4 Å². The summed E-state index contributed by atoms with van der Waals surface area (Å²) < 4.78 is 168. The summed E-state index contributed by atoms with van der Waals surface area (Å²) in [6.07, 6.45) is -7.66. The summed E-state index contributed by atoms with van der Waals surface area (Å²) in [5.74, 6) is -3.15. The molecule has 2 aromatic carbocycles. The Labute approximate surface area is 176 Å². The monoisotopic (exact) mass is 357 g/mol. The molecule has 0 saturated heterocycles. The van der Waals surface area contributed by atoms with Crippen molar-refractivity contribution in [3.63, 3.8) is 0 Å². The van der Waals surface area contributed by atoms with Crippen LogP contribution in [0.1, 0.15) is 56.0 Å². The Morgan fingerprint density at radius 1 is 1.40 bits per heavy atom. The highest BCUT2D eigenvalue weighted by atomic mass is 16.5. The van der Waals surface area contributed by atoms with E-state index in [4.69, 9.17) is 32.2 Å².